The van der Waals surface area contributed by atoms with Gasteiger partial charge < -0.3 is 5.11 Å². The summed E-state index contributed by atoms with van der Waals surface area (Å²) in [6.07, 6.45) is 1.62. The number of hydrogen-bond acceptors (Lipinski definition) is 3. The molecule has 6 nitrogen and oxygen atoms in total. The summed E-state index contributed by atoms with van der Waals surface area (Å²) >= 11 is 3.22. The molecule has 8 heteroatoms. The van der Waals surface area contributed by atoms with Crippen LogP contribution in [0.5, 0.6) is 0 Å². The van der Waals surface area contributed by atoms with E-state index in [2.05, 4.69) is 27.6 Å². The van der Waals surface area contributed by atoms with Gasteiger partial charge in [0.1, 0.15) is 0 Å². The number of halogens is 1. The molecule has 0 aliphatic carbocycles. The van der Waals surface area contributed by atoms with E-state index < -0.39 is 16.2 Å². The third-order valence-electron chi connectivity index (χ3n) is 3.53. The van der Waals surface area contributed by atoms with Crippen molar-refractivity contribution >= 4 is 37.8 Å². The zero-order chi connectivity index (χ0) is 15.6. The van der Waals surface area contributed by atoms with Gasteiger partial charge in [-0.2, -0.15) is 12.7 Å². The zero-order valence-electron chi connectivity index (χ0n) is 11.5. The minimum Gasteiger partial charge on any atom is -0.478 e. The fourth-order valence-electron chi connectivity index (χ4n) is 2.22. The first-order chi connectivity index (χ1) is 9.79. The highest BCUT2D eigenvalue weighted by molar-refractivity contribution is 9.10. The standard InChI is InChI=1S/C13H17BrN2O4S/c1-9-4-6-16(7-5-9)21(19,20)15-12-8-10(14)2-3-11(12)13(17)18/h2-3,8-9,15H,4-7H2,1H3,(H,17,18). The predicted octanol–water partition coefficient (Wildman–Crippen LogP) is 2.54. The summed E-state index contributed by atoms with van der Waals surface area (Å²) in [5.74, 6) is -0.663. The van der Waals surface area contributed by atoms with Crippen LogP contribution in [-0.4, -0.2) is 36.9 Å². The number of aromatic carboxylic acids is 1. The van der Waals surface area contributed by atoms with Gasteiger partial charge in [-0.25, -0.2) is 4.79 Å². The number of nitrogens with zero attached hydrogens (tertiary/aromatic N) is 1. The van der Waals surface area contributed by atoms with Crippen molar-refractivity contribution < 1.29 is 18.3 Å². The van der Waals surface area contributed by atoms with E-state index in [9.17, 15) is 13.2 Å². The Kier molecular flexibility index (Phi) is 4.90. The second kappa shape index (κ2) is 6.33. The van der Waals surface area contributed by atoms with Crippen LogP contribution in [0.1, 0.15) is 30.1 Å². The molecule has 0 amide bonds. The average Bonchev–Trinajstić information content (AvgIpc) is 2.38. The number of nitrogens with one attached hydrogen (secondary N) is 1. The van der Waals surface area contributed by atoms with Crippen LogP contribution < -0.4 is 4.72 Å². The van der Waals surface area contributed by atoms with Gasteiger partial charge in [0.2, 0.25) is 0 Å². The van der Waals surface area contributed by atoms with Crippen molar-refractivity contribution in [3.05, 3.63) is 28.2 Å². The molecule has 0 spiro atoms. The lowest BCUT2D eigenvalue weighted by atomic mass is 10.0. The van der Waals surface area contributed by atoms with Crippen molar-refractivity contribution in [2.45, 2.75) is 19.8 Å². The van der Waals surface area contributed by atoms with E-state index in [0.29, 0.717) is 23.5 Å². The number of carboxylic acid groups (broad SMARTS) is 1. The second-order valence-electron chi connectivity index (χ2n) is 5.18. The van der Waals surface area contributed by atoms with E-state index in [0.717, 1.165) is 12.8 Å². The highest BCUT2D eigenvalue weighted by Gasteiger charge is 2.27. The summed E-state index contributed by atoms with van der Waals surface area (Å²) in [6, 6.07) is 4.37. The number of hydrogen-bond donors (Lipinski definition) is 2. The van der Waals surface area contributed by atoms with Gasteiger partial charge in [0.05, 0.1) is 11.3 Å². The van der Waals surface area contributed by atoms with Gasteiger partial charge in [0.15, 0.2) is 0 Å². The van der Waals surface area contributed by atoms with E-state index in [4.69, 9.17) is 5.11 Å². The van der Waals surface area contributed by atoms with Gasteiger partial charge in [-0.3, -0.25) is 4.72 Å². The first-order valence-corrected chi connectivity index (χ1v) is 8.83. The highest BCUT2D eigenvalue weighted by Crippen LogP contribution is 2.25. The second-order valence-corrected chi connectivity index (χ2v) is 7.77. The quantitative estimate of drug-likeness (QED) is 0.844. The maximum Gasteiger partial charge on any atom is 0.337 e. The lowest BCUT2D eigenvalue weighted by Crippen LogP contribution is -2.41. The molecule has 0 aromatic heterocycles. The molecule has 116 valence electrons. The van der Waals surface area contributed by atoms with E-state index >= 15 is 0 Å². The smallest absolute Gasteiger partial charge is 0.337 e. The number of carbonyl (C=O) groups is 1. The summed E-state index contributed by atoms with van der Waals surface area (Å²) in [5.41, 5.74) is -0.0114. The van der Waals surface area contributed by atoms with Gasteiger partial charge >= 0.3 is 16.2 Å². The molecule has 1 saturated heterocycles. The van der Waals surface area contributed by atoms with Crippen molar-refractivity contribution in [1.82, 2.24) is 4.31 Å². The van der Waals surface area contributed by atoms with Crippen LogP contribution in [0.3, 0.4) is 0 Å². The van der Waals surface area contributed by atoms with Crippen LogP contribution in [0.2, 0.25) is 0 Å². The van der Waals surface area contributed by atoms with Crippen LogP contribution >= 0.6 is 15.9 Å². The lowest BCUT2D eigenvalue weighted by molar-refractivity contribution is 0.0698. The van der Waals surface area contributed by atoms with Crippen LogP contribution in [-0.2, 0) is 10.2 Å². The molecule has 1 aromatic rings. The molecule has 2 rings (SSSR count). The summed E-state index contributed by atoms with van der Waals surface area (Å²) in [5, 5.41) is 9.13. The summed E-state index contributed by atoms with van der Waals surface area (Å²) in [7, 11) is -3.73. The summed E-state index contributed by atoms with van der Waals surface area (Å²) < 4.78 is 29.1. The minimum absolute atomic E-state index is 0.0653. The first-order valence-electron chi connectivity index (χ1n) is 6.60. The molecule has 21 heavy (non-hydrogen) atoms. The molecular weight excluding hydrogens is 360 g/mol. The van der Waals surface area contributed by atoms with E-state index in [-0.39, 0.29) is 11.3 Å². The molecule has 1 aliphatic rings. The Balaban J connectivity index is 2.24. The fraction of sp³-hybridized carbons (Fsp3) is 0.462. The van der Waals surface area contributed by atoms with E-state index in [1.165, 1.54) is 16.4 Å². The zero-order valence-corrected chi connectivity index (χ0v) is 13.9. The van der Waals surface area contributed by atoms with Crippen molar-refractivity contribution in [3.63, 3.8) is 0 Å². The number of carboxylic acids is 1. The maximum atomic E-state index is 12.4. The third kappa shape index (κ3) is 3.96. The van der Waals surface area contributed by atoms with Crippen LogP contribution in [0.25, 0.3) is 0 Å². The Labute approximate surface area is 132 Å². The van der Waals surface area contributed by atoms with Crippen LogP contribution in [0.4, 0.5) is 5.69 Å². The van der Waals surface area contributed by atoms with Crippen molar-refractivity contribution in [1.29, 1.82) is 0 Å². The van der Waals surface area contributed by atoms with Gasteiger partial charge in [-0.15, -0.1) is 0 Å². The van der Waals surface area contributed by atoms with E-state index in [1.54, 1.807) is 6.07 Å². The topological polar surface area (TPSA) is 86.7 Å². The summed E-state index contributed by atoms with van der Waals surface area (Å²) in [6.45, 7) is 2.99. The fourth-order valence-corrected chi connectivity index (χ4v) is 3.84. The maximum absolute atomic E-state index is 12.4. The molecular formula is C13H17BrN2O4S. The normalized spacial score (nSPS) is 17.6. The number of piperidine rings is 1. The minimum atomic E-state index is -3.73. The monoisotopic (exact) mass is 376 g/mol. The van der Waals surface area contributed by atoms with Gasteiger partial charge in [0, 0.05) is 17.6 Å². The molecule has 1 aliphatic heterocycles. The Morgan fingerprint density at radius 1 is 1.38 bits per heavy atom. The molecule has 0 atom stereocenters. The average molecular weight is 377 g/mol. The van der Waals surface area contributed by atoms with Gasteiger partial charge in [-0.1, -0.05) is 22.9 Å². The molecule has 1 fully saturated rings. The van der Waals surface area contributed by atoms with Crippen molar-refractivity contribution in [2.75, 3.05) is 17.8 Å². The molecule has 0 saturated carbocycles. The first kappa shape index (κ1) is 16.3. The predicted molar refractivity (Wildman–Crippen MR) is 83.6 cm³/mol. The molecule has 0 bridgehead atoms. The Hall–Kier alpha value is -1.12. The Bertz CT molecular complexity index is 640. The SMILES string of the molecule is CC1CCN(S(=O)(=O)Nc2cc(Br)ccc2C(=O)O)CC1. The lowest BCUT2D eigenvalue weighted by Gasteiger charge is -2.29. The summed E-state index contributed by atoms with van der Waals surface area (Å²) in [4.78, 5) is 11.2. The van der Waals surface area contributed by atoms with Gasteiger partial charge in [0.25, 0.3) is 0 Å². The van der Waals surface area contributed by atoms with Crippen LogP contribution in [0.15, 0.2) is 22.7 Å². The van der Waals surface area contributed by atoms with Crippen LogP contribution in [0, 0.1) is 5.92 Å². The number of rotatable bonds is 4. The molecule has 0 unspecified atom stereocenters. The molecule has 2 N–H and O–H groups in total. The van der Waals surface area contributed by atoms with Crippen molar-refractivity contribution in [3.8, 4) is 0 Å². The Morgan fingerprint density at radius 3 is 2.57 bits per heavy atom. The van der Waals surface area contributed by atoms with E-state index in [1.807, 2.05) is 0 Å². The third-order valence-corrected chi connectivity index (χ3v) is 5.55. The van der Waals surface area contributed by atoms with Crippen molar-refractivity contribution in [2.24, 2.45) is 5.92 Å². The largest absolute Gasteiger partial charge is 0.478 e. The Morgan fingerprint density at radius 2 is 2.00 bits per heavy atom. The molecule has 0 radical (unpaired) electrons. The number of benzene rings is 1. The number of anilines is 1. The highest BCUT2D eigenvalue weighted by atomic mass is 79.9. The molecule has 1 aromatic carbocycles. The molecule has 1 heterocycles. The van der Waals surface area contributed by atoms with Gasteiger partial charge in [-0.05, 0) is 37.0 Å².